The fourth-order valence-electron chi connectivity index (χ4n) is 0. The average Bonchev–Trinajstić information content (AvgIpc) is 1.62. The fourth-order valence-corrected chi connectivity index (χ4v) is 0. The maximum atomic E-state index is 9.88. The molecular formula is C2F4N2S2Ti-2. The standard InChI is InChI=1S/2CNS.4FH.Ti/c2*2-1-3;;;;;/h;;4*1H;/q2*-1;;;;;+4/p-4. The molecule has 0 radical (unpaired) electrons. The first-order chi connectivity index (χ1) is 4.83. The summed E-state index contributed by atoms with van der Waals surface area (Å²) in [4.78, 5) is 0. The van der Waals surface area contributed by atoms with Crippen molar-refractivity contribution in [2.45, 2.75) is 0 Å². The topological polar surface area (TPSA) is 44.6 Å². The van der Waals surface area contributed by atoms with Crippen LogP contribution in [0.2, 0.25) is 0 Å². The van der Waals surface area contributed by atoms with Crippen molar-refractivity contribution in [3.05, 3.63) is 10.8 Å². The Bertz CT molecular complexity index is 127. The molecule has 0 N–H and O–H groups in total. The molecule has 0 aromatic carbocycles. The Kier molecular flexibility index (Phi) is 19.9. The summed E-state index contributed by atoms with van der Waals surface area (Å²) in [5.41, 5.74) is 0. The van der Waals surface area contributed by atoms with Gasteiger partial charge in [-0.1, -0.05) is 24.4 Å². The zero-order valence-corrected chi connectivity index (χ0v) is 7.92. The number of hydrogen-bond donors (Lipinski definition) is 0. The molecule has 0 aliphatic heterocycles. The van der Waals surface area contributed by atoms with Crippen LogP contribution in [0.15, 0.2) is 0 Å². The Morgan fingerprint density at radius 2 is 0.909 bits per heavy atom. The summed E-state index contributed by atoms with van der Waals surface area (Å²) in [6, 6.07) is 0. The van der Waals surface area contributed by atoms with Crippen LogP contribution in [0.5, 0.6) is 0 Å². The minimum absolute atomic E-state index is 1.33. The predicted octanol–water partition coefficient (Wildman–Crippen LogP) is 3.00. The van der Waals surface area contributed by atoms with Gasteiger partial charge in [-0.3, -0.25) is 0 Å². The molecule has 0 aromatic rings. The van der Waals surface area contributed by atoms with E-state index in [0.717, 1.165) is 0 Å². The first-order valence-corrected chi connectivity index (χ1v) is 4.79. The van der Waals surface area contributed by atoms with Crippen LogP contribution in [0.25, 0.3) is 10.8 Å². The van der Waals surface area contributed by atoms with Crippen LogP contribution in [0, 0.1) is 0 Å². The maximum absolute atomic E-state index is 9.88. The van der Waals surface area contributed by atoms with Crippen LogP contribution in [0.4, 0.5) is 12.4 Å². The van der Waals surface area contributed by atoms with Gasteiger partial charge in [0.25, 0.3) is 0 Å². The molecule has 11 heavy (non-hydrogen) atoms. The van der Waals surface area contributed by atoms with Crippen LogP contribution in [0.1, 0.15) is 0 Å². The predicted molar refractivity (Wildman–Crippen MR) is 36.3 cm³/mol. The van der Waals surface area contributed by atoms with E-state index in [1.807, 2.05) is 0 Å². The average molecular weight is 240 g/mol. The largest absolute Gasteiger partial charge is 0.753 e. The van der Waals surface area contributed by atoms with Crippen molar-refractivity contribution in [3.63, 3.8) is 0 Å². The van der Waals surface area contributed by atoms with E-state index in [1.165, 1.54) is 10.3 Å². The molecule has 0 rings (SSSR count). The molecule has 0 atom stereocenters. The first-order valence-electron chi connectivity index (χ1n) is 1.61. The second-order valence-corrected chi connectivity index (χ2v) is 2.31. The van der Waals surface area contributed by atoms with E-state index in [4.69, 9.17) is 10.8 Å². The summed E-state index contributed by atoms with van der Waals surface area (Å²) in [5.74, 6) is 0. The third-order valence-electron chi connectivity index (χ3n) is 0. The summed E-state index contributed by atoms with van der Waals surface area (Å²) in [6.07, 6.45) is 0. The van der Waals surface area contributed by atoms with Crippen molar-refractivity contribution in [2.24, 2.45) is 0 Å². The molecule has 0 aromatic heterocycles. The van der Waals surface area contributed by atoms with E-state index in [0.29, 0.717) is 0 Å². The monoisotopic (exact) mass is 240 g/mol. The fraction of sp³-hybridized carbons (Fsp3) is 0. The number of halogens is 4. The molecule has 0 aliphatic rings. The molecule has 9 heteroatoms. The van der Waals surface area contributed by atoms with Gasteiger partial charge in [0.1, 0.15) is 0 Å². The van der Waals surface area contributed by atoms with E-state index < -0.39 is 18.7 Å². The minimum Gasteiger partial charge on any atom is -0.753 e. The summed E-state index contributed by atoms with van der Waals surface area (Å²) in [5, 5.41) is 16.9. The van der Waals surface area contributed by atoms with Crippen molar-refractivity contribution in [2.75, 3.05) is 0 Å². The van der Waals surface area contributed by atoms with Crippen LogP contribution >= 0.6 is 24.4 Å². The van der Waals surface area contributed by atoms with Crippen LogP contribution in [-0.2, 0) is 18.7 Å². The van der Waals surface area contributed by atoms with E-state index in [1.54, 1.807) is 0 Å². The van der Waals surface area contributed by atoms with Gasteiger partial charge in [-0.05, 0) is 0 Å². The maximum Gasteiger partial charge on any atom is -0.0548 e. The smallest absolute Gasteiger partial charge is 0.0548 e. The minimum atomic E-state index is -7.00. The Labute approximate surface area is 76.7 Å². The van der Waals surface area contributed by atoms with E-state index in [-0.39, 0.29) is 0 Å². The van der Waals surface area contributed by atoms with Gasteiger partial charge in [-0.15, -0.1) is 0 Å². The SMILES string of the molecule is [F][Ti]([F])([F])[F].[N-]=C=S.[N-]=C=S. The van der Waals surface area contributed by atoms with Gasteiger partial charge >= 0.3 is 31.1 Å². The van der Waals surface area contributed by atoms with Gasteiger partial charge in [0.15, 0.2) is 0 Å². The van der Waals surface area contributed by atoms with Crippen molar-refractivity contribution in [3.8, 4) is 0 Å². The molecular weight excluding hydrogens is 240 g/mol. The summed E-state index contributed by atoms with van der Waals surface area (Å²) >= 11 is 0.398. The van der Waals surface area contributed by atoms with Gasteiger partial charge in [-0.25, -0.2) is 0 Å². The van der Waals surface area contributed by atoms with Crippen LogP contribution in [0.3, 0.4) is 0 Å². The Balaban J connectivity index is -0.0000000933. The molecule has 0 bridgehead atoms. The summed E-state index contributed by atoms with van der Waals surface area (Å²) in [7, 11) is 0. The molecule has 0 saturated carbocycles. The molecule has 0 heterocycles. The van der Waals surface area contributed by atoms with E-state index in [2.05, 4.69) is 24.4 Å². The molecule has 2 nitrogen and oxygen atoms in total. The zero-order chi connectivity index (χ0) is 9.91. The quantitative estimate of drug-likeness (QED) is 0.282. The molecule has 0 aliphatic carbocycles. The Morgan fingerprint density at radius 1 is 0.909 bits per heavy atom. The third kappa shape index (κ3) is 551000. The van der Waals surface area contributed by atoms with Gasteiger partial charge in [0.2, 0.25) is 0 Å². The number of rotatable bonds is 0. The Hall–Kier alpha value is 0.0343. The molecule has 0 fully saturated rings. The summed E-state index contributed by atoms with van der Waals surface area (Å²) < 4.78 is 39.5. The number of nitrogens with zero attached hydrogens (tertiary/aromatic N) is 2. The Morgan fingerprint density at radius 3 is 0.909 bits per heavy atom. The van der Waals surface area contributed by atoms with Crippen LogP contribution < -0.4 is 0 Å². The van der Waals surface area contributed by atoms with Crippen LogP contribution in [-0.4, -0.2) is 10.3 Å². The van der Waals surface area contributed by atoms with Crippen molar-refractivity contribution >= 4 is 34.8 Å². The molecule has 0 amide bonds. The summed E-state index contributed by atoms with van der Waals surface area (Å²) in [6.45, 7) is 0. The first kappa shape index (κ1) is 17.2. The third-order valence-corrected chi connectivity index (χ3v) is 0. The molecule has 64 valence electrons. The van der Waals surface area contributed by atoms with Gasteiger partial charge in [0.05, 0.1) is 0 Å². The number of hydrogen-bond acceptors (Lipinski definition) is 2. The van der Waals surface area contributed by atoms with Crippen molar-refractivity contribution < 1.29 is 31.1 Å². The normalized spacial score (nSPS) is 6.91. The molecule has 0 unspecified atom stereocenters. The van der Waals surface area contributed by atoms with Crippen molar-refractivity contribution in [1.29, 1.82) is 0 Å². The van der Waals surface area contributed by atoms with Gasteiger partial charge < -0.3 is 10.8 Å². The second kappa shape index (κ2) is 12.7. The van der Waals surface area contributed by atoms with Crippen molar-refractivity contribution in [1.82, 2.24) is 0 Å². The number of thiocarbonyl (C=S) groups is 2. The molecule has 0 saturated heterocycles. The van der Waals surface area contributed by atoms with Gasteiger partial charge in [0, 0.05) is 0 Å². The van der Waals surface area contributed by atoms with E-state index >= 15 is 0 Å². The zero-order valence-electron chi connectivity index (χ0n) is 4.72. The van der Waals surface area contributed by atoms with E-state index in [9.17, 15) is 12.4 Å². The second-order valence-electron chi connectivity index (χ2n) is 0.611. The van der Waals surface area contributed by atoms with Gasteiger partial charge in [-0.2, -0.15) is 10.3 Å². The molecule has 0 spiro atoms. The number of isothiocyanates is 2.